The summed E-state index contributed by atoms with van der Waals surface area (Å²) in [6.45, 7) is 0.940. The molecule has 3 heterocycles. The van der Waals surface area contributed by atoms with Crippen LogP contribution in [0.5, 0.6) is 0 Å². The standard InChI is InChI=1S/C29H37N5O7S/c35-25-24-16-21(41-28(38)33-15-13-19-8-5-6-10-23(19)33)18-34(24)27(37)30-14-7-3-1-2-4-9-20-17-29(20,31-25)26(36)32-42(39,40)22-11-12-22/h4-6,8-10,20-22,24H,1-3,7,11-18H2,(H,30,37)(H,31,35)(H,32,36)/b9-4-. The summed E-state index contributed by atoms with van der Waals surface area (Å²) in [6, 6.07) is 6.14. The van der Waals surface area contributed by atoms with Gasteiger partial charge in [0.1, 0.15) is 17.7 Å². The van der Waals surface area contributed by atoms with Crippen LogP contribution in [0.25, 0.3) is 0 Å². The van der Waals surface area contributed by atoms with Gasteiger partial charge in [-0.2, -0.15) is 0 Å². The van der Waals surface area contributed by atoms with Crippen LogP contribution in [0.4, 0.5) is 15.3 Å². The van der Waals surface area contributed by atoms with Crippen LogP contribution < -0.4 is 20.3 Å². The van der Waals surface area contributed by atoms with E-state index in [2.05, 4.69) is 15.4 Å². The predicted molar refractivity (Wildman–Crippen MR) is 153 cm³/mol. The molecule has 1 aromatic rings. The van der Waals surface area contributed by atoms with Crippen molar-refractivity contribution in [3.63, 3.8) is 0 Å². The zero-order chi connectivity index (χ0) is 29.5. The average molecular weight is 600 g/mol. The molecule has 3 fully saturated rings. The molecule has 13 heteroatoms. The van der Waals surface area contributed by atoms with Gasteiger partial charge < -0.3 is 20.3 Å². The zero-order valence-electron chi connectivity index (χ0n) is 23.4. The van der Waals surface area contributed by atoms with Gasteiger partial charge in [0.25, 0.3) is 5.91 Å². The fourth-order valence-corrected chi connectivity index (χ4v) is 7.54. The molecular weight excluding hydrogens is 562 g/mol. The van der Waals surface area contributed by atoms with Crippen LogP contribution in [0, 0.1) is 5.92 Å². The van der Waals surface area contributed by atoms with Crippen molar-refractivity contribution in [2.75, 3.05) is 24.5 Å². The normalized spacial score (nSPS) is 30.4. The van der Waals surface area contributed by atoms with Gasteiger partial charge in [0.2, 0.25) is 15.9 Å². The molecule has 5 aliphatic rings. The van der Waals surface area contributed by atoms with Crippen molar-refractivity contribution in [1.82, 2.24) is 20.3 Å². The molecule has 0 spiro atoms. The van der Waals surface area contributed by atoms with Crippen molar-refractivity contribution >= 4 is 39.6 Å². The highest BCUT2D eigenvalue weighted by Crippen LogP contribution is 2.46. The highest BCUT2D eigenvalue weighted by molar-refractivity contribution is 7.91. The maximum atomic E-state index is 13.8. The molecule has 0 bridgehead atoms. The first-order valence-corrected chi connectivity index (χ1v) is 16.4. The topological polar surface area (TPSA) is 154 Å². The highest BCUT2D eigenvalue weighted by atomic mass is 32.2. The molecule has 2 aliphatic carbocycles. The molecule has 0 radical (unpaired) electrons. The quantitative estimate of drug-likeness (QED) is 0.447. The maximum absolute atomic E-state index is 13.8. The molecular formula is C29H37N5O7S. The second kappa shape index (κ2) is 11.2. The van der Waals surface area contributed by atoms with Crippen LogP contribution in [-0.4, -0.2) is 79.8 Å². The van der Waals surface area contributed by atoms with Gasteiger partial charge in [0, 0.05) is 25.4 Å². The Balaban J connectivity index is 1.20. The molecule has 4 unspecified atom stereocenters. The molecule has 2 saturated carbocycles. The zero-order valence-corrected chi connectivity index (χ0v) is 24.2. The Bertz CT molecular complexity index is 1410. The van der Waals surface area contributed by atoms with E-state index in [1.807, 2.05) is 36.4 Å². The van der Waals surface area contributed by atoms with Gasteiger partial charge in [0.15, 0.2) is 0 Å². The Hall–Kier alpha value is -3.61. The van der Waals surface area contributed by atoms with Gasteiger partial charge in [0.05, 0.1) is 17.5 Å². The minimum atomic E-state index is -3.82. The Morgan fingerprint density at radius 1 is 1.10 bits per heavy atom. The lowest BCUT2D eigenvalue weighted by Crippen LogP contribution is -2.57. The number of ether oxygens (including phenoxy) is 1. The number of allylic oxidation sites excluding steroid dienone is 1. The minimum Gasteiger partial charge on any atom is -0.444 e. The van der Waals surface area contributed by atoms with Gasteiger partial charge in [-0.1, -0.05) is 36.8 Å². The van der Waals surface area contributed by atoms with Gasteiger partial charge in [-0.05, 0) is 56.6 Å². The molecule has 1 saturated heterocycles. The molecule has 3 aliphatic heterocycles. The lowest BCUT2D eigenvalue weighted by atomic mass is 10.1. The smallest absolute Gasteiger partial charge is 0.414 e. The van der Waals surface area contributed by atoms with Gasteiger partial charge in [-0.15, -0.1) is 0 Å². The Morgan fingerprint density at radius 3 is 2.71 bits per heavy atom. The number of sulfonamides is 1. The first-order valence-electron chi connectivity index (χ1n) is 14.8. The molecule has 42 heavy (non-hydrogen) atoms. The first-order chi connectivity index (χ1) is 20.2. The molecule has 5 amide bonds. The molecule has 0 aromatic heterocycles. The van der Waals surface area contributed by atoms with Crippen molar-refractivity contribution in [3.05, 3.63) is 42.0 Å². The van der Waals surface area contributed by atoms with Crippen LogP contribution in [0.2, 0.25) is 0 Å². The fraction of sp³-hybridized carbons (Fsp3) is 0.586. The van der Waals surface area contributed by atoms with E-state index in [0.29, 0.717) is 32.4 Å². The van der Waals surface area contributed by atoms with E-state index in [1.54, 1.807) is 4.90 Å². The number of urea groups is 1. The highest BCUT2D eigenvalue weighted by Gasteiger charge is 2.62. The molecule has 226 valence electrons. The van der Waals surface area contributed by atoms with E-state index in [0.717, 1.165) is 36.9 Å². The number of hydrogen-bond donors (Lipinski definition) is 3. The van der Waals surface area contributed by atoms with Crippen molar-refractivity contribution in [3.8, 4) is 0 Å². The van der Waals surface area contributed by atoms with Crippen LogP contribution in [-0.2, 0) is 30.8 Å². The van der Waals surface area contributed by atoms with Gasteiger partial charge in [-0.3, -0.25) is 19.2 Å². The average Bonchev–Trinajstić information content (AvgIpc) is 3.84. The SMILES string of the molecule is O=C1NC2(C(=O)NS(=O)(=O)C3CC3)CC2/C=C\CCCCCNC(=O)N2CC(OC(=O)N3CCc4ccccc43)CC12. The molecule has 3 N–H and O–H groups in total. The summed E-state index contributed by atoms with van der Waals surface area (Å²) >= 11 is 0. The number of carbonyl (C=O) groups excluding carboxylic acids is 4. The summed E-state index contributed by atoms with van der Waals surface area (Å²) in [5.41, 5.74) is 0.409. The van der Waals surface area contributed by atoms with Gasteiger partial charge >= 0.3 is 12.1 Å². The summed E-state index contributed by atoms with van der Waals surface area (Å²) in [6.07, 6.45) is 7.92. The first kappa shape index (κ1) is 28.5. The summed E-state index contributed by atoms with van der Waals surface area (Å²) < 4.78 is 33.1. The third kappa shape index (κ3) is 5.70. The van der Waals surface area contributed by atoms with E-state index in [4.69, 9.17) is 4.74 Å². The van der Waals surface area contributed by atoms with Crippen LogP contribution in [0.1, 0.15) is 56.9 Å². The number of nitrogens with zero attached hydrogens (tertiary/aromatic N) is 2. The monoisotopic (exact) mass is 599 g/mol. The number of nitrogens with one attached hydrogen (secondary N) is 3. The van der Waals surface area contributed by atoms with Crippen LogP contribution in [0.15, 0.2) is 36.4 Å². The maximum Gasteiger partial charge on any atom is 0.414 e. The summed E-state index contributed by atoms with van der Waals surface area (Å²) in [7, 11) is -3.82. The minimum absolute atomic E-state index is 0.0176. The Labute approximate surface area is 245 Å². The second-order valence-corrected chi connectivity index (χ2v) is 13.9. The molecule has 1 aromatic carbocycles. The van der Waals surface area contributed by atoms with E-state index >= 15 is 0 Å². The lowest BCUT2D eigenvalue weighted by Gasteiger charge is -2.26. The van der Waals surface area contributed by atoms with Gasteiger partial charge in [-0.25, -0.2) is 18.0 Å². The predicted octanol–water partition coefficient (Wildman–Crippen LogP) is 1.95. The third-order valence-corrected chi connectivity index (χ3v) is 10.7. The third-order valence-electron chi connectivity index (χ3n) is 8.86. The number of hydrogen-bond acceptors (Lipinski definition) is 7. The van der Waals surface area contributed by atoms with Crippen LogP contribution in [0.3, 0.4) is 0 Å². The van der Waals surface area contributed by atoms with Crippen molar-refractivity contribution in [2.24, 2.45) is 5.92 Å². The number of rotatable bonds is 4. The summed E-state index contributed by atoms with van der Waals surface area (Å²) in [4.78, 5) is 56.4. The number of amides is 5. The summed E-state index contributed by atoms with van der Waals surface area (Å²) in [5.74, 6) is -1.71. The molecule has 12 nitrogen and oxygen atoms in total. The number of benzene rings is 1. The van der Waals surface area contributed by atoms with E-state index < -0.39 is 56.9 Å². The number of carbonyl (C=O) groups is 4. The van der Waals surface area contributed by atoms with E-state index in [9.17, 15) is 27.6 Å². The number of anilines is 1. The van der Waals surface area contributed by atoms with Crippen molar-refractivity contribution in [1.29, 1.82) is 0 Å². The second-order valence-electron chi connectivity index (χ2n) is 11.9. The molecule has 6 rings (SSSR count). The van der Waals surface area contributed by atoms with Crippen LogP contribution >= 0.6 is 0 Å². The van der Waals surface area contributed by atoms with Crippen molar-refractivity contribution < 1.29 is 32.3 Å². The Morgan fingerprint density at radius 2 is 1.90 bits per heavy atom. The summed E-state index contributed by atoms with van der Waals surface area (Å²) in [5, 5.41) is 5.10. The molecule has 4 atom stereocenters. The largest absolute Gasteiger partial charge is 0.444 e. The lowest BCUT2D eigenvalue weighted by molar-refractivity contribution is -0.131. The fourth-order valence-electron chi connectivity index (χ4n) is 6.18. The van der Waals surface area contributed by atoms with E-state index in [-0.39, 0.29) is 25.3 Å². The van der Waals surface area contributed by atoms with Crippen molar-refractivity contribution in [2.45, 2.75) is 80.7 Å². The van der Waals surface area contributed by atoms with E-state index in [1.165, 1.54) is 4.90 Å². The number of fused-ring (bicyclic) bond motifs is 3. The Kier molecular flexibility index (Phi) is 7.62. The number of para-hydroxylation sites is 1.